The molecule has 0 fully saturated rings. The predicted octanol–water partition coefficient (Wildman–Crippen LogP) is 6.15. The fourth-order valence-corrected chi connectivity index (χ4v) is 4.78. The Morgan fingerprint density at radius 1 is 1.06 bits per heavy atom. The molecule has 3 N–H and O–H groups in total. The summed E-state index contributed by atoms with van der Waals surface area (Å²) in [6, 6.07) is 20.6. The number of amides is 1. The molecule has 166 valence electrons. The zero-order valence-corrected chi connectivity index (χ0v) is 19.5. The minimum atomic E-state index is -1.77. The minimum absolute atomic E-state index is 0.234. The molecule has 2 aromatic carbocycles. The highest BCUT2D eigenvalue weighted by Gasteiger charge is 2.18. The van der Waals surface area contributed by atoms with Crippen LogP contribution in [0.25, 0.3) is 10.4 Å². The van der Waals surface area contributed by atoms with Crippen LogP contribution in [0.4, 0.5) is 11.4 Å². The van der Waals surface area contributed by atoms with Gasteiger partial charge in [0, 0.05) is 34.8 Å². The van der Waals surface area contributed by atoms with Gasteiger partial charge >= 0.3 is 8.03 Å². The standard InChI is InChI=1S/C25H22N3O3PS/c26-22-10-9-21(24-4-2-14-33-24)15-23(22)28-25(29)20-7-5-18(6-8-20)11-13-32(30)31-17-19-3-1-12-27-16-19/h1-10,12,14-16H,11,13,17,26H2/p+1. The van der Waals surface area contributed by atoms with Crippen LogP contribution in [0.2, 0.25) is 0 Å². The van der Waals surface area contributed by atoms with Crippen molar-refractivity contribution in [1.82, 2.24) is 4.98 Å². The van der Waals surface area contributed by atoms with Crippen LogP contribution in [-0.4, -0.2) is 17.1 Å². The number of nitrogens with zero attached hydrogens (tertiary/aromatic N) is 1. The topological polar surface area (TPSA) is 94.3 Å². The first-order chi connectivity index (χ1) is 16.1. The summed E-state index contributed by atoms with van der Waals surface area (Å²) in [6.45, 7) is 0.277. The van der Waals surface area contributed by atoms with Gasteiger partial charge in [0.25, 0.3) is 5.91 Å². The van der Waals surface area contributed by atoms with Crippen molar-refractivity contribution in [3.8, 4) is 10.4 Å². The van der Waals surface area contributed by atoms with E-state index in [9.17, 15) is 9.36 Å². The van der Waals surface area contributed by atoms with Gasteiger partial charge in [-0.2, -0.15) is 0 Å². The summed E-state index contributed by atoms with van der Waals surface area (Å²) in [5.74, 6) is -0.234. The Balaban J connectivity index is 1.31. The van der Waals surface area contributed by atoms with Gasteiger partial charge in [0.15, 0.2) is 6.16 Å². The summed E-state index contributed by atoms with van der Waals surface area (Å²) >= 11 is 1.63. The molecule has 0 aliphatic heterocycles. The highest BCUT2D eigenvalue weighted by Crippen LogP contribution is 2.30. The second-order valence-electron chi connectivity index (χ2n) is 7.37. The number of anilines is 2. The average molecular weight is 477 g/mol. The number of nitrogens with two attached hydrogens (primary N) is 1. The van der Waals surface area contributed by atoms with E-state index in [4.69, 9.17) is 10.3 Å². The Labute approximate surface area is 197 Å². The maximum Gasteiger partial charge on any atom is 0.508 e. The lowest BCUT2D eigenvalue weighted by molar-refractivity contribution is 0.102. The molecule has 1 unspecified atom stereocenters. The Hall–Kier alpha value is -3.38. The molecule has 0 aliphatic carbocycles. The van der Waals surface area contributed by atoms with Gasteiger partial charge in [0.1, 0.15) is 6.61 Å². The van der Waals surface area contributed by atoms with Crippen LogP contribution in [0.5, 0.6) is 0 Å². The van der Waals surface area contributed by atoms with Crippen LogP contribution < -0.4 is 11.1 Å². The molecule has 2 aromatic heterocycles. The molecule has 0 saturated heterocycles. The molecule has 0 aliphatic rings. The van der Waals surface area contributed by atoms with Crippen LogP contribution in [-0.2, 0) is 22.1 Å². The molecule has 6 nitrogen and oxygen atoms in total. The third kappa shape index (κ3) is 6.33. The van der Waals surface area contributed by atoms with Gasteiger partial charge in [-0.05, 0) is 57.5 Å². The van der Waals surface area contributed by atoms with E-state index in [1.807, 2.05) is 53.9 Å². The monoisotopic (exact) mass is 476 g/mol. The lowest BCUT2D eigenvalue weighted by Gasteiger charge is -2.10. The zero-order chi connectivity index (χ0) is 23.0. The van der Waals surface area contributed by atoms with Crippen LogP contribution in [0.3, 0.4) is 0 Å². The molecule has 0 bridgehead atoms. The van der Waals surface area contributed by atoms with Crippen LogP contribution >= 0.6 is 19.4 Å². The van der Waals surface area contributed by atoms with Crippen molar-refractivity contribution in [2.75, 3.05) is 17.2 Å². The molecule has 0 spiro atoms. The summed E-state index contributed by atoms with van der Waals surface area (Å²) in [5, 5.41) is 4.91. The largest absolute Gasteiger partial charge is 0.508 e. The second kappa shape index (κ2) is 11.0. The number of rotatable bonds is 9. The van der Waals surface area contributed by atoms with Crippen molar-refractivity contribution < 1.29 is 13.9 Å². The van der Waals surface area contributed by atoms with Crippen molar-refractivity contribution in [2.24, 2.45) is 0 Å². The number of hydrogen-bond acceptors (Lipinski definition) is 6. The van der Waals surface area contributed by atoms with Gasteiger partial charge in [-0.1, -0.05) is 30.3 Å². The molecular weight excluding hydrogens is 453 g/mol. The Kier molecular flexibility index (Phi) is 7.58. The first kappa shape index (κ1) is 22.8. The second-order valence-corrected chi connectivity index (χ2v) is 9.69. The van der Waals surface area contributed by atoms with Gasteiger partial charge in [-0.15, -0.1) is 15.9 Å². The third-order valence-corrected chi connectivity index (χ3v) is 6.93. The first-order valence-corrected chi connectivity index (χ1v) is 12.6. The number of benzene rings is 2. The minimum Gasteiger partial charge on any atom is -0.397 e. The van der Waals surface area contributed by atoms with E-state index in [0.717, 1.165) is 21.6 Å². The van der Waals surface area contributed by atoms with Gasteiger partial charge in [0.2, 0.25) is 0 Å². The van der Waals surface area contributed by atoms with Gasteiger partial charge in [-0.3, -0.25) is 9.78 Å². The Morgan fingerprint density at radius 2 is 1.91 bits per heavy atom. The van der Waals surface area contributed by atoms with Gasteiger partial charge < -0.3 is 11.1 Å². The van der Waals surface area contributed by atoms with E-state index < -0.39 is 8.03 Å². The number of aromatic nitrogens is 1. The summed E-state index contributed by atoms with van der Waals surface area (Å²) in [6.07, 6.45) is 4.39. The van der Waals surface area contributed by atoms with Crippen LogP contribution in [0.1, 0.15) is 21.5 Å². The fraction of sp³-hybridized carbons (Fsp3) is 0.120. The third-order valence-electron chi connectivity index (χ3n) is 5.00. The lowest BCUT2D eigenvalue weighted by atomic mass is 10.1. The molecule has 8 heteroatoms. The Morgan fingerprint density at radius 3 is 2.64 bits per heavy atom. The molecular formula is C25H23N3O3PS+. The summed E-state index contributed by atoms with van der Waals surface area (Å²) in [5.41, 5.74) is 10.6. The fourth-order valence-electron chi connectivity index (χ4n) is 3.19. The molecule has 0 radical (unpaired) electrons. The molecule has 2 heterocycles. The van der Waals surface area contributed by atoms with E-state index in [0.29, 0.717) is 29.5 Å². The van der Waals surface area contributed by atoms with Crippen molar-refractivity contribution in [3.05, 3.63) is 101 Å². The molecule has 0 saturated carbocycles. The number of thiophene rings is 1. The van der Waals surface area contributed by atoms with E-state index in [1.165, 1.54) is 0 Å². The van der Waals surface area contributed by atoms with E-state index in [-0.39, 0.29) is 12.5 Å². The van der Waals surface area contributed by atoms with Crippen molar-refractivity contribution in [3.63, 3.8) is 0 Å². The first-order valence-electron chi connectivity index (χ1n) is 10.4. The molecule has 33 heavy (non-hydrogen) atoms. The maximum atomic E-state index is 12.7. The summed E-state index contributed by atoms with van der Waals surface area (Å²) < 4.78 is 17.6. The van der Waals surface area contributed by atoms with E-state index in [2.05, 4.69) is 10.3 Å². The molecule has 4 rings (SSSR count). The number of pyridine rings is 1. The predicted molar refractivity (Wildman–Crippen MR) is 134 cm³/mol. The molecule has 4 aromatic rings. The Bertz CT molecular complexity index is 1230. The SMILES string of the molecule is Nc1ccc(-c2cccs2)cc1NC(=O)c1ccc(CC[P+](=O)OCc2cccnc2)cc1. The highest BCUT2D eigenvalue weighted by molar-refractivity contribution is 7.39. The number of carbonyl (C=O) groups excluding carboxylic acids is 1. The number of aryl methyl sites for hydroxylation is 1. The van der Waals surface area contributed by atoms with Crippen LogP contribution in [0, 0.1) is 0 Å². The normalized spacial score (nSPS) is 11.2. The number of nitrogen functional groups attached to an aromatic ring is 1. The quantitative estimate of drug-likeness (QED) is 0.223. The highest BCUT2D eigenvalue weighted by atomic mass is 32.1. The van der Waals surface area contributed by atoms with Crippen molar-refractivity contribution in [1.29, 1.82) is 0 Å². The maximum absolute atomic E-state index is 12.7. The lowest BCUT2D eigenvalue weighted by Crippen LogP contribution is -2.13. The van der Waals surface area contributed by atoms with Crippen molar-refractivity contribution in [2.45, 2.75) is 13.0 Å². The molecule has 1 atom stereocenters. The van der Waals surface area contributed by atoms with Crippen molar-refractivity contribution >= 4 is 36.6 Å². The summed E-state index contributed by atoms with van der Waals surface area (Å²) in [4.78, 5) is 17.8. The van der Waals surface area contributed by atoms with Gasteiger partial charge in [-0.25, -0.2) is 0 Å². The smallest absolute Gasteiger partial charge is 0.397 e. The van der Waals surface area contributed by atoms with Crippen LogP contribution in [0.15, 0.2) is 84.5 Å². The number of nitrogens with one attached hydrogen (secondary N) is 1. The number of hydrogen-bond donors (Lipinski definition) is 2. The average Bonchev–Trinajstić information content (AvgIpc) is 3.39. The number of carbonyl (C=O) groups is 1. The van der Waals surface area contributed by atoms with Gasteiger partial charge in [0.05, 0.1) is 11.4 Å². The van der Waals surface area contributed by atoms with E-state index in [1.54, 1.807) is 41.9 Å². The molecule has 1 amide bonds. The summed E-state index contributed by atoms with van der Waals surface area (Å²) in [7, 11) is -1.77. The van der Waals surface area contributed by atoms with E-state index >= 15 is 0 Å². The zero-order valence-electron chi connectivity index (χ0n) is 17.8.